The lowest BCUT2D eigenvalue weighted by molar-refractivity contribution is -0.130. The molecule has 0 aromatic heterocycles. The Kier molecular flexibility index (Phi) is 7.25. The summed E-state index contributed by atoms with van der Waals surface area (Å²) >= 11 is 0. The minimum atomic E-state index is -0.484. The molecule has 0 heterocycles. The van der Waals surface area contributed by atoms with Gasteiger partial charge in [0.2, 0.25) is 11.8 Å². The van der Waals surface area contributed by atoms with Crippen LogP contribution in [0.5, 0.6) is 0 Å². The van der Waals surface area contributed by atoms with Crippen LogP contribution in [0.25, 0.3) is 0 Å². The van der Waals surface area contributed by atoms with Gasteiger partial charge in [-0.05, 0) is 24.6 Å². The molecule has 0 N–H and O–H groups in total. The summed E-state index contributed by atoms with van der Waals surface area (Å²) in [6, 6.07) is 6.49. The van der Waals surface area contributed by atoms with E-state index < -0.39 is 5.97 Å². The zero-order chi connectivity index (χ0) is 17.4. The largest absolute Gasteiger partial charge is 0.465 e. The first-order chi connectivity index (χ1) is 10.9. The fourth-order valence-electron chi connectivity index (χ4n) is 2.08. The van der Waals surface area contributed by atoms with Crippen LogP contribution in [0.4, 0.5) is 5.69 Å². The summed E-state index contributed by atoms with van der Waals surface area (Å²) in [6.07, 6.45) is 1.91. The van der Waals surface area contributed by atoms with E-state index in [0.717, 1.165) is 12.8 Å². The van der Waals surface area contributed by atoms with E-state index >= 15 is 0 Å². The second-order valence-electron chi connectivity index (χ2n) is 5.32. The molecule has 0 unspecified atom stereocenters. The van der Waals surface area contributed by atoms with Gasteiger partial charge in [0.1, 0.15) is 6.54 Å². The highest BCUT2D eigenvalue weighted by Gasteiger charge is 2.19. The third kappa shape index (κ3) is 5.39. The fraction of sp³-hybridized carbons (Fsp3) is 0.471. The van der Waals surface area contributed by atoms with Crippen molar-refractivity contribution in [2.75, 3.05) is 32.1 Å². The monoisotopic (exact) mass is 320 g/mol. The van der Waals surface area contributed by atoms with E-state index in [0.29, 0.717) is 17.8 Å². The van der Waals surface area contributed by atoms with Gasteiger partial charge in [-0.2, -0.15) is 0 Å². The molecule has 0 aliphatic rings. The van der Waals surface area contributed by atoms with Crippen molar-refractivity contribution in [1.29, 1.82) is 0 Å². The predicted molar refractivity (Wildman–Crippen MR) is 88.4 cm³/mol. The summed E-state index contributed by atoms with van der Waals surface area (Å²) in [5.74, 6) is -0.886. The van der Waals surface area contributed by atoms with Crippen molar-refractivity contribution in [3.63, 3.8) is 0 Å². The molecule has 0 saturated heterocycles. The van der Waals surface area contributed by atoms with Crippen LogP contribution in [0.2, 0.25) is 0 Å². The molecule has 1 aromatic rings. The fourth-order valence-corrected chi connectivity index (χ4v) is 2.08. The molecule has 1 rings (SSSR count). The quantitative estimate of drug-likeness (QED) is 0.722. The maximum atomic E-state index is 12.3. The number of ether oxygens (including phenoxy) is 1. The Morgan fingerprint density at radius 2 is 1.91 bits per heavy atom. The van der Waals surface area contributed by atoms with E-state index in [1.165, 1.54) is 18.9 Å². The highest BCUT2D eigenvalue weighted by molar-refractivity contribution is 5.99. The molecular formula is C17H24N2O4. The van der Waals surface area contributed by atoms with Crippen molar-refractivity contribution in [2.24, 2.45) is 0 Å². The molecule has 0 bridgehead atoms. The number of amides is 2. The Hall–Kier alpha value is -2.37. The van der Waals surface area contributed by atoms with Crippen molar-refractivity contribution in [2.45, 2.75) is 26.7 Å². The maximum Gasteiger partial charge on any atom is 0.337 e. The topological polar surface area (TPSA) is 66.9 Å². The van der Waals surface area contributed by atoms with E-state index in [1.54, 1.807) is 36.2 Å². The van der Waals surface area contributed by atoms with E-state index in [9.17, 15) is 14.4 Å². The third-order valence-electron chi connectivity index (χ3n) is 3.53. The Morgan fingerprint density at radius 1 is 1.22 bits per heavy atom. The van der Waals surface area contributed by atoms with E-state index in [2.05, 4.69) is 11.7 Å². The van der Waals surface area contributed by atoms with Crippen LogP contribution in [0.3, 0.4) is 0 Å². The average Bonchev–Trinajstić information content (AvgIpc) is 2.56. The summed E-state index contributed by atoms with van der Waals surface area (Å²) in [5, 5.41) is 0. The number of likely N-dealkylation sites (N-methyl/N-ethyl adjacent to an activating group) is 1. The Balaban J connectivity index is 2.93. The summed E-state index contributed by atoms with van der Waals surface area (Å²) in [5.41, 5.74) is 0.834. The predicted octanol–water partition coefficient (Wildman–Crippen LogP) is 2.08. The van der Waals surface area contributed by atoms with Gasteiger partial charge in [-0.15, -0.1) is 0 Å². The zero-order valence-corrected chi connectivity index (χ0v) is 14.2. The second kappa shape index (κ2) is 8.92. The molecule has 6 heteroatoms. The Labute approximate surface area is 137 Å². The molecule has 0 radical (unpaired) electrons. The molecule has 0 fully saturated rings. The standard InChI is InChI=1S/C17H24N2O4/c1-5-6-10-18(3)16(21)12-19(13(2)20)15-9-7-8-14(11-15)17(22)23-4/h7-9,11H,5-6,10,12H2,1-4H3. The number of anilines is 1. The van der Waals surface area contributed by atoms with Crippen LogP contribution in [-0.4, -0.2) is 49.9 Å². The maximum absolute atomic E-state index is 12.3. The van der Waals surface area contributed by atoms with Gasteiger partial charge in [0.05, 0.1) is 12.7 Å². The molecule has 126 valence electrons. The SMILES string of the molecule is CCCCN(C)C(=O)CN(C(C)=O)c1cccc(C(=O)OC)c1. The van der Waals surface area contributed by atoms with Crippen LogP contribution in [-0.2, 0) is 14.3 Å². The summed E-state index contributed by atoms with van der Waals surface area (Å²) in [6.45, 7) is 4.05. The van der Waals surface area contributed by atoms with E-state index in [4.69, 9.17) is 0 Å². The molecule has 0 saturated carbocycles. The van der Waals surface area contributed by atoms with Crippen LogP contribution >= 0.6 is 0 Å². The van der Waals surface area contributed by atoms with Gasteiger partial charge in [-0.3, -0.25) is 9.59 Å². The number of benzene rings is 1. The molecule has 0 aliphatic heterocycles. The molecule has 0 aliphatic carbocycles. The minimum Gasteiger partial charge on any atom is -0.465 e. The van der Waals surface area contributed by atoms with Crippen LogP contribution < -0.4 is 4.90 Å². The highest BCUT2D eigenvalue weighted by atomic mass is 16.5. The van der Waals surface area contributed by atoms with Crippen LogP contribution in [0, 0.1) is 0 Å². The van der Waals surface area contributed by atoms with Gasteiger partial charge in [-0.1, -0.05) is 19.4 Å². The normalized spacial score (nSPS) is 10.1. The van der Waals surface area contributed by atoms with Gasteiger partial charge in [-0.25, -0.2) is 4.79 Å². The van der Waals surface area contributed by atoms with Crippen LogP contribution in [0.15, 0.2) is 24.3 Å². The van der Waals surface area contributed by atoms with Crippen molar-refractivity contribution in [3.05, 3.63) is 29.8 Å². The summed E-state index contributed by atoms with van der Waals surface area (Å²) in [7, 11) is 3.02. The summed E-state index contributed by atoms with van der Waals surface area (Å²) in [4.78, 5) is 38.7. The average molecular weight is 320 g/mol. The smallest absolute Gasteiger partial charge is 0.337 e. The second-order valence-corrected chi connectivity index (χ2v) is 5.32. The van der Waals surface area contributed by atoms with Gasteiger partial charge in [0, 0.05) is 26.2 Å². The Bertz CT molecular complexity index is 571. The van der Waals surface area contributed by atoms with E-state index in [1.807, 2.05) is 0 Å². The number of carbonyl (C=O) groups is 3. The molecule has 23 heavy (non-hydrogen) atoms. The van der Waals surface area contributed by atoms with Crippen molar-refractivity contribution >= 4 is 23.5 Å². The van der Waals surface area contributed by atoms with Gasteiger partial charge in [0.15, 0.2) is 0 Å². The molecule has 0 atom stereocenters. The number of hydrogen-bond acceptors (Lipinski definition) is 4. The van der Waals surface area contributed by atoms with Crippen molar-refractivity contribution in [1.82, 2.24) is 4.90 Å². The molecule has 6 nitrogen and oxygen atoms in total. The molecule has 1 aromatic carbocycles. The molecular weight excluding hydrogens is 296 g/mol. The number of rotatable bonds is 7. The minimum absolute atomic E-state index is 0.0554. The van der Waals surface area contributed by atoms with Crippen molar-refractivity contribution in [3.8, 4) is 0 Å². The van der Waals surface area contributed by atoms with Crippen LogP contribution in [0.1, 0.15) is 37.0 Å². The number of unbranched alkanes of at least 4 members (excludes halogenated alkanes) is 1. The first kappa shape index (κ1) is 18.7. The lowest BCUT2D eigenvalue weighted by Gasteiger charge is -2.24. The highest BCUT2D eigenvalue weighted by Crippen LogP contribution is 2.17. The number of carbonyl (C=O) groups excluding carboxylic acids is 3. The lowest BCUT2D eigenvalue weighted by atomic mass is 10.2. The molecule has 2 amide bonds. The number of methoxy groups -OCH3 is 1. The summed E-state index contributed by atoms with van der Waals surface area (Å²) < 4.78 is 4.68. The Morgan fingerprint density at radius 3 is 2.48 bits per heavy atom. The third-order valence-corrected chi connectivity index (χ3v) is 3.53. The van der Waals surface area contributed by atoms with Gasteiger partial charge in [0.25, 0.3) is 0 Å². The first-order valence-electron chi connectivity index (χ1n) is 7.61. The number of esters is 1. The molecule has 0 spiro atoms. The lowest BCUT2D eigenvalue weighted by Crippen LogP contribution is -2.41. The van der Waals surface area contributed by atoms with E-state index in [-0.39, 0.29) is 18.4 Å². The van der Waals surface area contributed by atoms with Crippen molar-refractivity contribution < 1.29 is 19.1 Å². The number of nitrogens with zero attached hydrogens (tertiary/aromatic N) is 2. The number of hydrogen-bond donors (Lipinski definition) is 0. The first-order valence-corrected chi connectivity index (χ1v) is 7.61. The zero-order valence-electron chi connectivity index (χ0n) is 14.2. The van der Waals surface area contributed by atoms with Gasteiger partial charge >= 0.3 is 5.97 Å². The van der Waals surface area contributed by atoms with Gasteiger partial charge < -0.3 is 14.5 Å².